The van der Waals surface area contributed by atoms with Crippen molar-refractivity contribution in [2.45, 2.75) is 10.6 Å². The van der Waals surface area contributed by atoms with Gasteiger partial charge in [0.2, 0.25) is 0 Å². The smallest absolute Gasteiger partial charge is 0.336 e. The van der Waals surface area contributed by atoms with Crippen LogP contribution in [0.3, 0.4) is 0 Å². The van der Waals surface area contributed by atoms with Gasteiger partial charge in [-0.15, -0.1) is 11.8 Å². The van der Waals surface area contributed by atoms with Crippen molar-refractivity contribution in [2.75, 3.05) is 0 Å². The lowest BCUT2D eigenvalue weighted by molar-refractivity contribution is 0.0695. The molecular weight excluding hydrogens is 411 g/mol. The van der Waals surface area contributed by atoms with Crippen LogP contribution in [0.4, 0.5) is 4.39 Å². The van der Waals surface area contributed by atoms with Gasteiger partial charge in [-0.25, -0.2) is 9.18 Å². The first kappa shape index (κ1) is 15.5. The normalized spacial score (nSPS) is 10.6. The van der Waals surface area contributed by atoms with Crippen LogP contribution in [-0.2, 0) is 5.75 Å². The molecule has 0 bridgehead atoms. The second-order valence-electron chi connectivity index (χ2n) is 3.95. The zero-order valence-corrected chi connectivity index (χ0v) is 14.1. The minimum Gasteiger partial charge on any atom is -0.478 e. The van der Waals surface area contributed by atoms with E-state index in [0.717, 1.165) is 10.5 Å². The van der Waals surface area contributed by atoms with Gasteiger partial charge in [-0.05, 0) is 61.7 Å². The van der Waals surface area contributed by atoms with Crippen molar-refractivity contribution in [3.8, 4) is 0 Å². The molecule has 0 aliphatic carbocycles. The molecule has 0 fully saturated rings. The number of carbonyl (C=O) groups is 1. The highest BCUT2D eigenvalue weighted by Crippen LogP contribution is 2.30. The summed E-state index contributed by atoms with van der Waals surface area (Å²) in [6.45, 7) is 0. The van der Waals surface area contributed by atoms with Crippen molar-refractivity contribution >= 4 is 49.6 Å². The summed E-state index contributed by atoms with van der Waals surface area (Å²) >= 11 is 7.87. The molecule has 0 aromatic heterocycles. The van der Waals surface area contributed by atoms with Crippen molar-refractivity contribution in [2.24, 2.45) is 0 Å². The molecule has 0 radical (unpaired) electrons. The third kappa shape index (κ3) is 3.62. The summed E-state index contributed by atoms with van der Waals surface area (Å²) in [6.07, 6.45) is 0. The van der Waals surface area contributed by atoms with Gasteiger partial charge >= 0.3 is 5.97 Å². The van der Waals surface area contributed by atoms with E-state index >= 15 is 0 Å². The fourth-order valence-electron chi connectivity index (χ4n) is 1.58. The van der Waals surface area contributed by atoms with E-state index in [1.54, 1.807) is 18.2 Å². The zero-order valence-electron chi connectivity index (χ0n) is 10.1. The van der Waals surface area contributed by atoms with Gasteiger partial charge in [0.15, 0.2) is 0 Å². The lowest BCUT2D eigenvalue weighted by Gasteiger charge is -2.07. The van der Waals surface area contributed by atoms with Crippen molar-refractivity contribution in [3.63, 3.8) is 0 Å². The maximum Gasteiger partial charge on any atom is 0.336 e. The van der Waals surface area contributed by atoms with Gasteiger partial charge in [0.1, 0.15) is 5.82 Å². The Hall–Kier alpha value is -0.850. The first-order chi connectivity index (χ1) is 9.49. The topological polar surface area (TPSA) is 37.3 Å². The van der Waals surface area contributed by atoms with E-state index < -0.39 is 5.97 Å². The average molecular weight is 420 g/mol. The number of hydrogen-bond acceptors (Lipinski definition) is 2. The standard InChI is InChI=1S/C14H9Br2FO2S/c15-11-5-4-9(6-10(11)14(18)19)20-7-8-2-1-3-12(17)13(8)16/h1-6H,7H2,(H,18,19). The third-order valence-corrected chi connectivity index (χ3v) is 5.22. The highest BCUT2D eigenvalue weighted by molar-refractivity contribution is 9.10. The second kappa shape index (κ2) is 6.74. The number of aromatic carboxylic acids is 1. The van der Waals surface area contributed by atoms with Crippen LogP contribution in [0, 0.1) is 5.82 Å². The van der Waals surface area contributed by atoms with E-state index in [4.69, 9.17) is 5.11 Å². The molecule has 0 saturated carbocycles. The second-order valence-corrected chi connectivity index (χ2v) is 6.64. The summed E-state index contributed by atoms with van der Waals surface area (Å²) in [4.78, 5) is 11.9. The fourth-order valence-corrected chi connectivity index (χ4v) is 3.51. The summed E-state index contributed by atoms with van der Waals surface area (Å²) in [5.74, 6) is -0.727. The lowest BCUT2D eigenvalue weighted by Crippen LogP contribution is -1.97. The molecule has 0 spiro atoms. The largest absolute Gasteiger partial charge is 0.478 e. The van der Waals surface area contributed by atoms with Crippen molar-refractivity contribution < 1.29 is 14.3 Å². The van der Waals surface area contributed by atoms with Gasteiger partial charge in [0.25, 0.3) is 0 Å². The van der Waals surface area contributed by atoms with Gasteiger partial charge in [0.05, 0.1) is 10.0 Å². The molecule has 0 unspecified atom stereocenters. The van der Waals surface area contributed by atoms with Crippen LogP contribution in [0.1, 0.15) is 15.9 Å². The Labute approximate surface area is 136 Å². The van der Waals surface area contributed by atoms with Crippen LogP contribution in [0.2, 0.25) is 0 Å². The number of hydrogen-bond donors (Lipinski definition) is 1. The average Bonchev–Trinajstić information content (AvgIpc) is 2.41. The Kier molecular flexibility index (Phi) is 5.23. The zero-order chi connectivity index (χ0) is 14.7. The van der Waals surface area contributed by atoms with E-state index in [1.807, 2.05) is 12.1 Å². The SMILES string of the molecule is O=C(O)c1cc(SCc2cccc(F)c2Br)ccc1Br. The first-order valence-electron chi connectivity index (χ1n) is 5.57. The van der Waals surface area contributed by atoms with Crippen molar-refractivity contribution in [1.29, 1.82) is 0 Å². The van der Waals surface area contributed by atoms with E-state index in [0.29, 0.717) is 14.7 Å². The number of halogens is 3. The molecule has 0 amide bonds. The molecule has 104 valence electrons. The molecule has 0 aliphatic rings. The first-order valence-corrected chi connectivity index (χ1v) is 8.14. The van der Waals surface area contributed by atoms with Crippen LogP contribution < -0.4 is 0 Å². The number of benzene rings is 2. The number of carboxylic acids is 1. The Balaban J connectivity index is 2.17. The Bertz CT molecular complexity index is 662. The van der Waals surface area contributed by atoms with Crippen LogP contribution in [-0.4, -0.2) is 11.1 Å². The summed E-state index contributed by atoms with van der Waals surface area (Å²) in [6, 6.07) is 10.0. The minimum atomic E-state index is -0.980. The monoisotopic (exact) mass is 418 g/mol. The van der Waals surface area contributed by atoms with Gasteiger partial charge in [0, 0.05) is 15.1 Å². The minimum absolute atomic E-state index is 0.216. The van der Waals surface area contributed by atoms with Crippen LogP contribution in [0.5, 0.6) is 0 Å². The summed E-state index contributed by atoms with van der Waals surface area (Å²) < 4.78 is 14.4. The molecule has 0 aliphatic heterocycles. The van der Waals surface area contributed by atoms with Gasteiger partial charge in [-0.1, -0.05) is 12.1 Å². The molecule has 0 heterocycles. The molecule has 0 atom stereocenters. The van der Waals surface area contributed by atoms with E-state index in [2.05, 4.69) is 31.9 Å². The fraction of sp³-hybridized carbons (Fsp3) is 0.0714. The molecule has 2 rings (SSSR count). The summed E-state index contributed by atoms with van der Waals surface area (Å²) in [5.41, 5.74) is 1.04. The molecule has 0 saturated heterocycles. The van der Waals surface area contributed by atoms with Crippen LogP contribution in [0.15, 0.2) is 50.2 Å². The lowest BCUT2D eigenvalue weighted by atomic mass is 10.2. The predicted octanol–water partition coefficient (Wildman–Crippen LogP) is 5.34. The molecular formula is C14H9Br2FO2S. The quantitative estimate of drug-likeness (QED) is 0.679. The molecule has 20 heavy (non-hydrogen) atoms. The highest BCUT2D eigenvalue weighted by Gasteiger charge is 2.10. The Morgan fingerprint density at radius 2 is 2.00 bits per heavy atom. The molecule has 2 aromatic carbocycles. The summed E-state index contributed by atoms with van der Waals surface area (Å²) in [7, 11) is 0. The van der Waals surface area contributed by atoms with Crippen LogP contribution in [0.25, 0.3) is 0 Å². The highest BCUT2D eigenvalue weighted by atomic mass is 79.9. The Morgan fingerprint density at radius 1 is 1.25 bits per heavy atom. The van der Waals surface area contributed by atoms with Gasteiger partial charge in [-0.2, -0.15) is 0 Å². The van der Waals surface area contributed by atoms with Crippen LogP contribution >= 0.6 is 43.6 Å². The number of rotatable bonds is 4. The molecule has 6 heteroatoms. The van der Waals surface area contributed by atoms with E-state index in [-0.39, 0.29) is 11.4 Å². The number of carboxylic acid groups (broad SMARTS) is 1. The van der Waals surface area contributed by atoms with E-state index in [1.165, 1.54) is 17.8 Å². The molecule has 2 nitrogen and oxygen atoms in total. The van der Waals surface area contributed by atoms with Gasteiger partial charge < -0.3 is 5.11 Å². The Morgan fingerprint density at radius 3 is 2.70 bits per heavy atom. The number of thioether (sulfide) groups is 1. The molecule has 2 aromatic rings. The van der Waals surface area contributed by atoms with Crippen molar-refractivity contribution in [1.82, 2.24) is 0 Å². The summed E-state index contributed by atoms with van der Waals surface area (Å²) in [5, 5.41) is 9.06. The molecule has 1 N–H and O–H groups in total. The third-order valence-electron chi connectivity index (χ3n) is 2.59. The maximum atomic E-state index is 13.4. The predicted molar refractivity (Wildman–Crippen MR) is 84.8 cm³/mol. The van der Waals surface area contributed by atoms with Crippen molar-refractivity contribution in [3.05, 3.63) is 62.3 Å². The van der Waals surface area contributed by atoms with Gasteiger partial charge in [-0.3, -0.25) is 0 Å². The van der Waals surface area contributed by atoms with E-state index in [9.17, 15) is 9.18 Å². The maximum absolute atomic E-state index is 13.4.